The van der Waals surface area contributed by atoms with E-state index in [1.165, 1.54) is 38.8 Å². The predicted octanol–water partition coefficient (Wildman–Crippen LogP) is 2.06. The number of likely N-dealkylation sites (N-methyl/N-ethyl adjacent to an activating group) is 2. The van der Waals surface area contributed by atoms with E-state index in [0.29, 0.717) is 0 Å². The van der Waals surface area contributed by atoms with Gasteiger partial charge in [-0.2, -0.15) is 0 Å². The lowest BCUT2D eigenvalue weighted by molar-refractivity contribution is 0.159. The first-order valence-electron chi connectivity index (χ1n) is 5.94. The highest BCUT2D eigenvalue weighted by atomic mass is 15.2. The van der Waals surface area contributed by atoms with Crippen LogP contribution >= 0.6 is 0 Å². The molecular formula is C12H26N2. The van der Waals surface area contributed by atoms with Crippen LogP contribution in [0, 0.1) is 5.92 Å². The van der Waals surface area contributed by atoms with Crippen LogP contribution < -0.4 is 0 Å². The maximum absolute atomic E-state index is 2.55. The third kappa shape index (κ3) is 3.97. The van der Waals surface area contributed by atoms with E-state index < -0.39 is 0 Å². The van der Waals surface area contributed by atoms with Crippen molar-refractivity contribution in [2.45, 2.75) is 38.6 Å². The van der Waals surface area contributed by atoms with Gasteiger partial charge in [0.2, 0.25) is 0 Å². The van der Waals surface area contributed by atoms with Crippen LogP contribution in [0.15, 0.2) is 0 Å². The molecule has 0 spiro atoms. The van der Waals surface area contributed by atoms with Gasteiger partial charge in [-0.05, 0) is 52.7 Å². The minimum absolute atomic E-state index is 0.853. The second kappa shape index (κ2) is 5.72. The molecule has 0 aliphatic heterocycles. The van der Waals surface area contributed by atoms with Crippen LogP contribution in [0.4, 0.5) is 0 Å². The van der Waals surface area contributed by atoms with E-state index in [0.717, 1.165) is 12.0 Å². The van der Waals surface area contributed by atoms with Gasteiger partial charge in [0.25, 0.3) is 0 Å². The fourth-order valence-electron chi connectivity index (χ4n) is 2.22. The Hall–Kier alpha value is -0.0800. The highest BCUT2D eigenvalue weighted by molar-refractivity contribution is 4.76. The smallest absolute Gasteiger partial charge is 0.0109 e. The summed E-state index contributed by atoms with van der Waals surface area (Å²) in [5.41, 5.74) is 0. The van der Waals surface area contributed by atoms with Crippen LogP contribution in [-0.4, -0.2) is 50.1 Å². The van der Waals surface area contributed by atoms with Crippen LogP contribution in [-0.2, 0) is 0 Å². The van der Waals surface area contributed by atoms with Gasteiger partial charge in [-0.1, -0.05) is 6.92 Å². The van der Waals surface area contributed by atoms with Crippen molar-refractivity contribution in [2.75, 3.05) is 34.2 Å². The molecule has 1 aliphatic rings. The molecule has 0 bridgehead atoms. The summed E-state index contributed by atoms with van der Waals surface area (Å²) in [4.78, 5) is 4.81. The summed E-state index contributed by atoms with van der Waals surface area (Å²) in [6, 6.07) is 0.853. The van der Waals surface area contributed by atoms with E-state index in [2.05, 4.69) is 37.9 Å². The topological polar surface area (TPSA) is 6.48 Å². The third-order valence-electron chi connectivity index (χ3n) is 3.51. The molecule has 0 aromatic rings. The molecule has 0 radical (unpaired) electrons. The SMILES string of the molecule is CC1CCC(N(C)CCN(C)C)CC1. The summed E-state index contributed by atoms with van der Waals surface area (Å²) in [5, 5.41) is 0. The summed E-state index contributed by atoms with van der Waals surface area (Å²) < 4.78 is 0. The molecule has 0 unspecified atom stereocenters. The molecule has 1 aliphatic carbocycles. The Morgan fingerprint density at radius 1 is 0.929 bits per heavy atom. The lowest BCUT2D eigenvalue weighted by Crippen LogP contribution is -2.38. The minimum atomic E-state index is 0.853. The molecule has 84 valence electrons. The monoisotopic (exact) mass is 198 g/mol. The zero-order valence-corrected chi connectivity index (χ0v) is 10.3. The van der Waals surface area contributed by atoms with Crippen molar-refractivity contribution in [2.24, 2.45) is 5.92 Å². The Labute approximate surface area is 89.3 Å². The standard InChI is InChI=1S/C12H26N2/c1-11-5-7-12(8-6-11)14(4)10-9-13(2)3/h11-12H,5-10H2,1-4H3. The quantitative estimate of drug-likeness (QED) is 0.682. The van der Waals surface area contributed by atoms with E-state index in [-0.39, 0.29) is 0 Å². The molecule has 0 atom stereocenters. The fourth-order valence-corrected chi connectivity index (χ4v) is 2.22. The van der Waals surface area contributed by atoms with Crippen molar-refractivity contribution in [3.8, 4) is 0 Å². The van der Waals surface area contributed by atoms with Crippen LogP contribution in [0.25, 0.3) is 0 Å². The number of rotatable bonds is 4. The summed E-state index contributed by atoms with van der Waals surface area (Å²) in [6.07, 6.45) is 5.67. The maximum atomic E-state index is 2.55. The van der Waals surface area contributed by atoms with Gasteiger partial charge in [0.1, 0.15) is 0 Å². The van der Waals surface area contributed by atoms with E-state index >= 15 is 0 Å². The molecule has 0 N–H and O–H groups in total. The van der Waals surface area contributed by atoms with Gasteiger partial charge in [0.05, 0.1) is 0 Å². The average molecular weight is 198 g/mol. The first kappa shape index (κ1) is 12.0. The van der Waals surface area contributed by atoms with Gasteiger partial charge in [0, 0.05) is 19.1 Å². The van der Waals surface area contributed by atoms with Crippen LogP contribution in [0.5, 0.6) is 0 Å². The molecule has 0 aromatic heterocycles. The Morgan fingerprint density at radius 2 is 1.50 bits per heavy atom. The van der Waals surface area contributed by atoms with Gasteiger partial charge in [0.15, 0.2) is 0 Å². The molecule has 1 rings (SSSR count). The van der Waals surface area contributed by atoms with Gasteiger partial charge in [-0.15, -0.1) is 0 Å². The maximum Gasteiger partial charge on any atom is 0.0109 e. The summed E-state index contributed by atoms with van der Waals surface area (Å²) in [5.74, 6) is 0.966. The zero-order valence-electron chi connectivity index (χ0n) is 10.3. The molecule has 2 heteroatoms. The lowest BCUT2D eigenvalue weighted by atomic mass is 9.87. The second-order valence-electron chi connectivity index (χ2n) is 5.20. The minimum Gasteiger partial charge on any atom is -0.308 e. The van der Waals surface area contributed by atoms with Gasteiger partial charge in [-0.25, -0.2) is 0 Å². The van der Waals surface area contributed by atoms with Crippen molar-refractivity contribution in [3.63, 3.8) is 0 Å². The molecule has 0 amide bonds. The van der Waals surface area contributed by atoms with Crippen molar-refractivity contribution < 1.29 is 0 Å². The predicted molar refractivity (Wildman–Crippen MR) is 62.6 cm³/mol. The molecule has 0 saturated heterocycles. The Kier molecular flexibility index (Phi) is 4.90. The molecule has 14 heavy (non-hydrogen) atoms. The number of hydrogen-bond donors (Lipinski definition) is 0. The third-order valence-corrected chi connectivity index (χ3v) is 3.51. The largest absolute Gasteiger partial charge is 0.308 e. The van der Waals surface area contributed by atoms with Crippen molar-refractivity contribution in [1.82, 2.24) is 9.80 Å². The molecule has 1 saturated carbocycles. The van der Waals surface area contributed by atoms with Gasteiger partial charge >= 0.3 is 0 Å². The first-order valence-corrected chi connectivity index (χ1v) is 5.94. The molecule has 1 fully saturated rings. The first-order chi connectivity index (χ1) is 6.59. The molecule has 0 aromatic carbocycles. The summed E-state index contributed by atoms with van der Waals surface area (Å²) in [6.45, 7) is 4.78. The van der Waals surface area contributed by atoms with Crippen molar-refractivity contribution >= 4 is 0 Å². The Morgan fingerprint density at radius 3 is 2.00 bits per heavy atom. The summed E-state index contributed by atoms with van der Waals surface area (Å²) >= 11 is 0. The fraction of sp³-hybridized carbons (Fsp3) is 1.00. The molecule has 2 nitrogen and oxygen atoms in total. The summed E-state index contributed by atoms with van der Waals surface area (Å²) in [7, 11) is 6.58. The van der Waals surface area contributed by atoms with Gasteiger partial charge in [-0.3, -0.25) is 0 Å². The normalized spacial score (nSPS) is 28.7. The Balaban J connectivity index is 2.20. The van der Waals surface area contributed by atoms with Crippen LogP contribution in [0.1, 0.15) is 32.6 Å². The second-order valence-corrected chi connectivity index (χ2v) is 5.20. The van der Waals surface area contributed by atoms with Crippen LogP contribution in [0.2, 0.25) is 0 Å². The lowest BCUT2D eigenvalue weighted by Gasteiger charge is -2.34. The molecular weight excluding hydrogens is 172 g/mol. The highest BCUT2D eigenvalue weighted by Gasteiger charge is 2.21. The zero-order chi connectivity index (χ0) is 10.6. The number of hydrogen-bond acceptors (Lipinski definition) is 2. The highest BCUT2D eigenvalue weighted by Crippen LogP contribution is 2.26. The van der Waals surface area contributed by atoms with E-state index in [9.17, 15) is 0 Å². The Bertz CT molecular complexity index is 148. The average Bonchev–Trinajstić information content (AvgIpc) is 2.15. The van der Waals surface area contributed by atoms with Crippen molar-refractivity contribution in [1.29, 1.82) is 0 Å². The van der Waals surface area contributed by atoms with Crippen molar-refractivity contribution in [3.05, 3.63) is 0 Å². The van der Waals surface area contributed by atoms with E-state index in [4.69, 9.17) is 0 Å². The van der Waals surface area contributed by atoms with E-state index in [1.807, 2.05) is 0 Å². The van der Waals surface area contributed by atoms with Gasteiger partial charge < -0.3 is 9.80 Å². The molecule has 0 heterocycles. The van der Waals surface area contributed by atoms with Crippen LogP contribution in [0.3, 0.4) is 0 Å². The van der Waals surface area contributed by atoms with E-state index in [1.54, 1.807) is 0 Å². The number of nitrogens with zero attached hydrogens (tertiary/aromatic N) is 2.